The third-order valence-corrected chi connectivity index (χ3v) is 3.21. The Labute approximate surface area is 63.3 Å². The minimum atomic E-state index is 0.543. The summed E-state index contributed by atoms with van der Waals surface area (Å²) >= 11 is 0. The summed E-state index contributed by atoms with van der Waals surface area (Å²) in [4.78, 5) is 0. The van der Waals surface area contributed by atoms with Crippen molar-refractivity contribution in [2.24, 2.45) is 17.3 Å². The largest absolute Gasteiger partial charge is 0.0739 e. The maximum absolute atomic E-state index is 2.48. The molecule has 0 saturated heterocycles. The second-order valence-electron chi connectivity index (χ2n) is 4.31. The van der Waals surface area contributed by atoms with Gasteiger partial charge in [-0.05, 0) is 24.7 Å². The predicted molar refractivity (Wildman–Crippen MR) is 43.8 cm³/mol. The Morgan fingerprint density at radius 1 is 1.50 bits per heavy atom. The van der Waals surface area contributed by atoms with E-state index in [1.807, 2.05) is 0 Å². The first kappa shape index (κ1) is 6.45. The summed E-state index contributed by atoms with van der Waals surface area (Å²) in [6, 6.07) is 0. The summed E-state index contributed by atoms with van der Waals surface area (Å²) in [5.41, 5.74) is 2.31. The van der Waals surface area contributed by atoms with Gasteiger partial charge in [0.1, 0.15) is 0 Å². The lowest BCUT2D eigenvalue weighted by molar-refractivity contribution is 0.417. The Bertz CT molecular complexity index is 184. The first-order valence-corrected chi connectivity index (χ1v) is 4.38. The molecule has 0 heterocycles. The maximum atomic E-state index is 2.48. The number of hydrogen-bond acceptors (Lipinski definition) is 0. The van der Waals surface area contributed by atoms with Crippen molar-refractivity contribution in [2.75, 3.05) is 0 Å². The van der Waals surface area contributed by atoms with Crippen LogP contribution in [0.2, 0.25) is 0 Å². The molecule has 2 aliphatic carbocycles. The lowest BCUT2D eigenvalue weighted by atomic mass is 9.88. The van der Waals surface area contributed by atoms with Crippen molar-refractivity contribution >= 4 is 0 Å². The third kappa shape index (κ3) is 0.744. The van der Waals surface area contributed by atoms with Crippen molar-refractivity contribution in [1.29, 1.82) is 0 Å². The molecule has 2 rings (SSSR count). The SMILES string of the molecule is CC(C)C1(C)C=C1C1CC1. The topological polar surface area (TPSA) is 0 Å². The Kier molecular flexibility index (Phi) is 1.07. The molecule has 0 bridgehead atoms. The van der Waals surface area contributed by atoms with Gasteiger partial charge in [-0.1, -0.05) is 32.4 Å². The molecule has 0 radical (unpaired) electrons. The van der Waals surface area contributed by atoms with Crippen LogP contribution < -0.4 is 0 Å². The van der Waals surface area contributed by atoms with E-state index < -0.39 is 0 Å². The highest BCUT2D eigenvalue weighted by molar-refractivity contribution is 5.42. The van der Waals surface area contributed by atoms with Gasteiger partial charge in [0.2, 0.25) is 0 Å². The highest BCUT2D eigenvalue weighted by atomic mass is 14.5. The Morgan fingerprint density at radius 2 is 2.10 bits per heavy atom. The van der Waals surface area contributed by atoms with Crippen LogP contribution in [0.15, 0.2) is 11.6 Å². The van der Waals surface area contributed by atoms with Crippen LogP contribution in [0.25, 0.3) is 0 Å². The van der Waals surface area contributed by atoms with Crippen molar-refractivity contribution in [1.82, 2.24) is 0 Å². The fourth-order valence-corrected chi connectivity index (χ4v) is 1.74. The molecule has 1 fully saturated rings. The van der Waals surface area contributed by atoms with E-state index in [-0.39, 0.29) is 0 Å². The van der Waals surface area contributed by atoms with E-state index in [0.29, 0.717) is 5.41 Å². The van der Waals surface area contributed by atoms with E-state index >= 15 is 0 Å². The molecule has 0 aromatic carbocycles. The molecule has 0 spiro atoms. The second-order valence-corrected chi connectivity index (χ2v) is 4.31. The molecular weight excluding hydrogens is 120 g/mol. The average molecular weight is 136 g/mol. The third-order valence-electron chi connectivity index (χ3n) is 3.21. The minimum Gasteiger partial charge on any atom is -0.0739 e. The van der Waals surface area contributed by atoms with E-state index in [0.717, 1.165) is 11.8 Å². The quantitative estimate of drug-likeness (QED) is 0.512. The van der Waals surface area contributed by atoms with Crippen LogP contribution in [-0.2, 0) is 0 Å². The van der Waals surface area contributed by atoms with E-state index in [1.165, 1.54) is 12.8 Å². The molecule has 1 atom stereocenters. The van der Waals surface area contributed by atoms with Crippen LogP contribution in [0.4, 0.5) is 0 Å². The summed E-state index contributed by atoms with van der Waals surface area (Å²) in [6.07, 6.45) is 5.41. The first-order valence-electron chi connectivity index (χ1n) is 4.38. The van der Waals surface area contributed by atoms with Gasteiger partial charge in [-0.15, -0.1) is 0 Å². The van der Waals surface area contributed by atoms with Gasteiger partial charge in [-0.25, -0.2) is 0 Å². The first-order chi connectivity index (χ1) is 4.64. The van der Waals surface area contributed by atoms with Gasteiger partial charge in [-0.2, -0.15) is 0 Å². The average Bonchev–Trinajstić information content (AvgIpc) is 2.57. The van der Waals surface area contributed by atoms with E-state index in [1.54, 1.807) is 5.57 Å². The molecule has 0 aromatic heterocycles. The normalized spacial score (nSPS) is 38.2. The molecule has 10 heavy (non-hydrogen) atoms. The van der Waals surface area contributed by atoms with E-state index in [2.05, 4.69) is 26.8 Å². The molecule has 1 saturated carbocycles. The summed E-state index contributed by atoms with van der Waals surface area (Å²) in [5.74, 6) is 1.83. The fourth-order valence-electron chi connectivity index (χ4n) is 1.74. The zero-order valence-corrected chi connectivity index (χ0v) is 7.15. The van der Waals surface area contributed by atoms with E-state index in [9.17, 15) is 0 Å². The van der Waals surface area contributed by atoms with Gasteiger partial charge in [-0.3, -0.25) is 0 Å². The highest BCUT2D eigenvalue weighted by Crippen LogP contribution is 2.59. The van der Waals surface area contributed by atoms with Crippen molar-refractivity contribution in [3.05, 3.63) is 11.6 Å². The van der Waals surface area contributed by atoms with E-state index in [4.69, 9.17) is 0 Å². The summed E-state index contributed by atoms with van der Waals surface area (Å²) in [6.45, 7) is 7.03. The summed E-state index contributed by atoms with van der Waals surface area (Å²) in [5, 5.41) is 0. The van der Waals surface area contributed by atoms with Crippen molar-refractivity contribution < 1.29 is 0 Å². The molecule has 0 nitrogen and oxygen atoms in total. The van der Waals surface area contributed by atoms with Crippen molar-refractivity contribution in [2.45, 2.75) is 33.6 Å². The number of rotatable bonds is 2. The molecule has 0 heteroatoms. The van der Waals surface area contributed by atoms with Crippen molar-refractivity contribution in [3.8, 4) is 0 Å². The summed E-state index contributed by atoms with van der Waals surface area (Å²) < 4.78 is 0. The second kappa shape index (κ2) is 1.66. The highest BCUT2D eigenvalue weighted by Gasteiger charge is 2.48. The van der Waals surface area contributed by atoms with Crippen LogP contribution in [0, 0.1) is 17.3 Å². The Morgan fingerprint density at radius 3 is 2.40 bits per heavy atom. The van der Waals surface area contributed by atoms with Gasteiger partial charge >= 0.3 is 0 Å². The standard InChI is InChI=1S/C10H16/c1-7(2)10(3)6-9(10)8-4-5-8/h6-8H,4-5H2,1-3H3. The molecule has 2 aliphatic rings. The van der Waals surface area contributed by atoms with Crippen LogP contribution in [0.1, 0.15) is 33.6 Å². The van der Waals surface area contributed by atoms with Gasteiger partial charge in [0.25, 0.3) is 0 Å². The lowest BCUT2D eigenvalue weighted by Gasteiger charge is -2.16. The van der Waals surface area contributed by atoms with Gasteiger partial charge in [0.05, 0.1) is 0 Å². The molecule has 56 valence electrons. The van der Waals surface area contributed by atoms with Gasteiger partial charge < -0.3 is 0 Å². The van der Waals surface area contributed by atoms with Crippen molar-refractivity contribution in [3.63, 3.8) is 0 Å². The predicted octanol–water partition coefficient (Wildman–Crippen LogP) is 3.00. The molecule has 0 N–H and O–H groups in total. The van der Waals surface area contributed by atoms with Crippen LogP contribution in [-0.4, -0.2) is 0 Å². The van der Waals surface area contributed by atoms with Crippen LogP contribution >= 0.6 is 0 Å². The Hall–Kier alpha value is -0.260. The smallest absolute Gasteiger partial charge is 0.00915 e. The summed E-state index contributed by atoms with van der Waals surface area (Å²) in [7, 11) is 0. The number of allylic oxidation sites excluding steroid dienone is 2. The Balaban J connectivity index is 2.00. The monoisotopic (exact) mass is 136 g/mol. The molecule has 0 aromatic rings. The van der Waals surface area contributed by atoms with Crippen LogP contribution in [0.5, 0.6) is 0 Å². The lowest BCUT2D eigenvalue weighted by Crippen LogP contribution is -2.08. The zero-order valence-electron chi connectivity index (χ0n) is 7.15. The molecular formula is C10H16. The van der Waals surface area contributed by atoms with Gasteiger partial charge in [0, 0.05) is 5.41 Å². The van der Waals surface area contributed by atoms with Gasteiger partial charge in [0.15, 0.2) is 0 Å². The molecule has 0 amide bonds. The fraction of sp³-hybridized carbons (Fsp3) is 0.800. The molecule has 1 unspecified atom stereocenters. The number of hydrogen-bond donors (Lipinski definition) is 0. The maximum Gasteiger partial charge on any atom is 0.00915 e. The van der Waals surface area contributed by atoms with Crippen LogP contribution in [0.3, 0.4) is 0 Å². The zero-order chi connectivity index (χ0) is 7.35. The molecule has 0 aliphatic heterocycles. The minimum absolute atomic E-state index is 0.543.